The fourth-order valence-electron chi connectivity index (χ4n) is 1.53. The van der Waals surface area contributed by atoms with Crippen molar-refractivity contribution in [2.75, 3.05) is 6.54 Å². The third-order valence-corrected chi connectivity index (χ3v) is 2.35. The van der Waals surface area contributed by atoms with Gasteiger partial charge in [0.25, 0.3) is 0 Å². The number of carbonyl (C=O) groups excluding carboxylic acids is 1. The van der Waals surface area contributed by atoms with Gasteiger partial charge in [-0.1, -0.05) is 6.08 Å². The van der Waals surface area contributed by atoms with Crippen LogP contribution in [0, 0.1) is 0 Å². The number of nitrogens with two attached hydrogens (primary N) is 1. The van der Waals surface area contributed by atoms with Crippen molar-refractivity contribution in [3.63, 3.8) is 0 Å². The summed E-state index contributed by atoms with van der Waals surface area (Å²) in [6.07, 6.45) is -1.65. The van der Waals surface area contributed by atoms with Crippen LogP contribution in [0.4, 0.5) is 13.2 Å². The predicted molar refractivity (Wildman–Crippen MR) is 63.0 cm³/mol. The lowest BCUT2D eigenvalue weighted by Gasteiger charge is -2.25. The predicted octanol–water partition coefficient (Wildman–Crippen LogP) is 2.07. The molecule has 0 aliphatic carbocycles. The van der Waals surface area contributed by atoms with E-state index in [9.17, 15) is 18.0 Å². The largest absolute Gasteiger partial charge is 0.467 e. The molecule has 0 aromatic carbocycles. The Morgan fingerprint density at radius 1 is 1.58 bits per heavy atom. The van der Waals surface area contributed by atoms with E-state index >= 15 is 0 Å². The fourth-order valence-corrected chi connectivity index (χ4v) is 1.53. The molecule has 1 rings (SSSR count). The average Bonchev–Trinajstić information content (AvgIpc) is 2.78. The zero-order valence-corrected chi connectivity index (χ0v) is 10.2. The molecule has 1 atom stereocenters. The van der Waals surface area contributed by atoms with E-state index < -0.39 is 24.7 Å². The molecule has 106 valence electrons. The number of alkyl halides is 3. The molecule has 0 radical (unpaired) electrons. The van der Waals surface area contributed by atoms with Crippen molar-refractivity contribution in [3.05, 3.63) is 36.8 Å². The summed E-state index contributed by atoms with van der Waals surface area (Å²) in [6, 6.07) is 2.00. The molecule has 1 heterocycles. The molecule has 7 heteroatoms. The summed E-state index contributed by atoms with van der Waals surface area (Å²) < 4.78 is 42.3. The molecule has 0 bridgehead atoms. The van der Waals surface area contributed by atoms with Crippen LogP contribution in [0.3, 0.4) is 0 Å². The van der Waals surface area contributed by atoms with Crippen molar-refractivity contribution in [3.8, 4) is 0 Å². The van der Waals surface area contributed by atoms with E-state index in [4.69, 9.17) is 10.2 Å². The summed E-state index contributed by atoms with van der Waals surface area (Å²) in [6.45, 7) is 1.77. The van der Waals surface area contributed by atoms with Gasteiger partial charge in [0.05, 0.1) is 18.8 Å². The van der Waals surface area contributed by atoms with Gasteiger partial charge in [-0.2, -0.15) is 13.2 Å². The van der Waals surface area contributed by atoms with E-state index in [-0.39, 0.29) is 18.7 Å². The van der Waals surface area contributed by atoms with Gasteiger partial charge >= 0.3 is 6.18 Å². The molecular formula is C12H15F3N2O2. The summed E-state index contributed by atoms with van der Waals surface area (Å²) in [5, 5.41) is 0. The second-order valence-corrected chi connectivity index (χ2v) is 4.02. The number of rotatable bonds is 6. The maximum Gasteiger partial charge on any atom is 0.406 e. The number of amides is 1. The van der Waals surface area contributed by atoms with Gasteiger partial charge in [0, 0.05) is 0 Å². The van der Waals surface area contributed by atoms with Crippen LogP contribution < -0.4 is 5.73 Å². The molecular weight excluding hydrogens is 261 g/mol. The zero-order chi connectivity index (χ0) is 14.5. The lowest BCUT2D eigenvalue weighted by atomic mass is 10.2. The maximum absolute atomic E-state index is 12.5. The first kappa shape index (κ1) is 15.3. The summed E-state index contributed by atoms with van der Waals surface area (Å²) in [4.78, 5) is 12.5. The molecule has 0 saturated heterocycles. The van der Waals surface area contributed by atoms with Gasteiger partial charge in [-0.25, -0.2) is 0 Å². The summed E-state index contributed by atoms with van der Waals surface area (Å²) in [5.41, 5.74) is 5.52. The van der Waals surface area contributed by atoms with Crippen LogP contribution >= 0.6 is 0 Å². The van der Waals surface area contributed by atoms with Crippen LogP contribution in [-0.2, 0) is 11.3 Å². The van der Waals surface area contributed by atoms with Crippen molar-refractivity contribution < 1.29 is 22.4 Å². The molecule has 1 unspecified atom stereocenters. The first-order chi connectivity index (χ1) is 8.83. The van der Waals surface area contributed by atoms with Crippen LogP contribution in [0.2, 0.25) is 0 Å². The standard InChI is InChI=1S/C12H15F3N2O2/c1-2-4-10(16)11(18)17(8-12(13,14)15)7-9-5-3-6-19-9/h2-3,5-6,10H,1,4,7-8,16H2. The molecule has 0 aliphatic rings. The fraction of sp³-hybridized carbons (Fsp3) is 0.417. The summed E-state index contributed by atoms with van der Waals surface area (Å²) in [5.74, 6) is -0.517. The summed E-state index contributed by atoms with van der Waals surface area (Å²) in [7, 11) is 0. The Balaban J connectivity index is 2.79. The third-order valence-electron chi connectivity index (χ3n) is 2.35. The van der Waals surface area contributed by atoms with Crippen LogP contribution in [0.25, 0.3) is 0 Å². The minimum atomic E-state index is -4.49. The van der Waals surface area contributed by atoms with E-state index in [0.29, 0.717) is 4.90 Å². The smallest absolute Gasteiger partial charge is 0.406 e. The Morgan fingerprint density at radius 3 is 2.74 bits per heavy atom. The van der Waals surface area contributed by atoms with E-state index in [2.05, 4.69) is 6.58 Å². The Kier molecular flexibility index (Phi) is 5.17. The molecule has 1 amide bonds. The Bertz CT molecular complexity index is 415. The molecule has 0 saturated carbocycles. The second kappa shape index (κ2) is 6.42. The monoisotopic (exact) mass is 276 g/mol. The zero-order valence-electron chi connectivity index (χ0n) is 10.2. The molecule has 19 heavy (non-hydrogen) atoms. The van der Waals surface area contributed by atoms with E-state index in [1.807, 2.05) is 0 Å². The molecule has 4 nitrogen and oxygen atoms in total. The van der Waals surface area contributed by atoms with Gasteiger partial charge in [-0.05, 0) is 18.6 Å². The number of carbonyl (C=O) groups is 1. The van der Waals surface area contributed by atoms with Gasteiger partial charge in [0.2, 0.25) is 5.91 Å². The topological polar surface area (TPSA) is 59.5 Å². The van der Waals surface area contributed by atoms with Crippen molar-refractivity contribution in [2.24, 2.45) is 5.73 Å². The molecule has 2 N–H and O–H groups in total. The Morgan fingerprint density at radius 2 is 2.26 bits per heavy atom. The highest BCUT2D eigenvalue weighted by atomic mass is 19.4. The second-order valence-electron chi connectivity index (χ2n) is 4.02. The first-order valence-corrected chi connectivity index (χ1v) is 5.58. The number of furan rings is 1. The van der Waals surface area contributed by atoms with Crippen LogP contribution in [0.5, 0.6) is 0 Å². The van der Waals surface area contributed by atoms with Gasteiger partial charge in [-0.3, -0.25) is 4.79 Å². The van der Waals surface area contributed by atoms with Gasteiger partial charge in [0.1, 0.15) is 12.3 Å². The minimum Gasteiger partial charge on any atom is -0.467 e. The van der Waals surface area contributed by atoms with Crippen molar-refractivity contribution in [1.29, 1.82) is 0 Å². The highest BCUT2D eigenvalue weighted by Gasteiger charge is 2.34. The molecule has 0 aliphatic heterocycles. The molecule has 1 aromatic heterocycles. The highest BCUT2D eigenvalue weighted by Crippen LogP contribution is 2.19. The lowest BCUT2D eigenvalue weighted by molar-refractivity contribution is -0.163. The van der Waals surface area contributed by atoms with E-state index in [0.717, 1.165) is 0 Å². The average molecular weight is 276 g/mol. The summed E-state index contributed by atoms with van der Waals surface area (Å²) >= 11 is 0. The lowest BCUT2D eigenvalue weighted by Crippen LogP contribution is -2.46. The van der Waals surface area contributed by atoms with Crippen molar-refractivity contribution in [1.82, 2.24) is 4.90 Å². The van der Waals surface area contributed by atoms with E-state index in [1.54, 1.807) is 0 Å². The van der Waals surface area contributed by atoms with Crippen LogP contribution in [0.15, 0.2) is 35.5 Å². The maximum atomic E-state index is 12.5. The normalized spacial score (nSPS) is 13.1. The van der Waals surface area contributed by atoms with Crippen molar-refractivity contribution >= 4 is 5.91 Å². The van der Waals surface area contributed by atoms with Gasteiger partial charge in [-0.15, -0.1) is 6.58 Å². The van der Waals surface area contributed by atoms with Crippen molar-refractivity contribution in [2.45, 2.75) is 25.2 Å². The SMILES string of the molecule is C=CCC(N)C(=O)N(Cc1ccco1)CC(F)(F)F. The third kappa shape index (κ3) is 5.17. The first-order valence-electron chi connectivity index (χ1n) is 5.58. The van der Waals surface area contributed by atoms with Gasteiger partial charge in [0.15, 0.2) is 0 Å². The number of hydrogen-bond donors (Lipinski definition) is 1. The molecule has 1 aromatic rings. The number of halogens is 3. The highest BCUT2D eigenvalue weighted by molar-refractivity contribution is 5.81. The number of hydrogen-bond acceptors (Lipinski definition) is 3. The molecule has 0 fully saturated rings. The Labute approximate surface area is 108 Å². The minimum absolute atomic E-state index is 0.116. The number of nitrogens with zero attached hydrogens (tertiary/aromatic N) is 1. The Hall–Kier alpha value is -1.76. The quantitative estimate of drug-likeness (QED) is 0.809. The van der Waals surface area contributed by atoms with E-state index in [1.165, 1.54) is 24.5 Å². The van der Waals surface area contributed by atoms with Crippen LogP contribution in [0.1, 0.15) is 12.2 Å². The van der Waals surface area contributed by atoms with Crippen LogP contribution in [-0.4, -0.2) is 29.6 Å². The van der Waals surface area contributed by atoms with Gasteiger partial charge < -0.3 is 15.1 Å². The molecule has 0 spiro atoms.